The normalized spacial score (nSPS) is 15.0. The fraction of sp³-hybridized carbons (Fsp3) is 0.409. The lowest BCUT2D eigenvalue weighted by Gasteiger charge is -2.25. The van der Waals surface area contributed by atoms with Crippen molar-refractivity contribution in [2.24, 2.45) is 4.40 Å². The molecule has 13 heteroatoms. The Morgan fingerprint density at radius 2 is 1.34 bits per heavy atom. The van der Waals surface area contributed by atoms with Crippen LogP contribution in [0.4, 0.5) is 0 Å². The van der Waals surface area contributed by atoms with E-state index in [1.165, 1.54) is 48.5 Å². The van der Waals surface area contributed by atoms with Gasteiger partial charge in [0.15, 0.2) is 9.84 Å². The molecule has 2 aromatic carbocycles. The van der Waals surface area contributed by atoms with Crippen molar-refractivity contribution in [1.82, 2.24) is 0 Å². The zero-order chi connectivity index (χ0) is 26.4. The number of sulfonamides is 1. The minimum atomic E-state index is -4.83. The van der Waals surface area contributed by atoms with Gasteiger partial charge in [-0.25, -0.2) is 12.6 Å². The van der Waals surface area contributed by atoms with E-state index in [2.05, 4.69) is 8.58 Å². The lowest BCUT2D eigenvalue weighted by molar-refractivity contribution is -0.217. The largest absolute Gasteiger partial charge is 0.860 e. The average Bonchev–Trinajstić information content (AvgIpc) is 2.73. The maximum atomic E-state index is 13.3. The molecule has 0 saturated heterocycles. The monoisotopic (exact) mass is 546 g/mol. The van der Waals surface area contributed by atoms with Crippen molar-refractivity contribution in [2.75, 3.05) is 0 Å². The second kappa shape index (κ2) is 11.6. The van der Waals surface area contributed by atoms with Gasteiger partial charge in [-0.15, -0.1) is 0 Å². The van der Waals surface area contributed by atoms with Crippen LogP contribution in [0.3, 0.4) is 0 Å². The van der Waals surface area contributed by atoms with E-state index >= 15 is 0 Å². The summed E-state index contributed by atoms with van der Waals surface area (Å²) < 4.78 is 91.2. The first kappa shape index (κ1) is 28.9. The highest BCUT2D eigenvalue weighted by atomic mass is 32.3. The number of rotatable bonds is 12. The molecule has 0 spiro atoms. The molecule has 10 nitrogen and oxygen atoms in total. The Kier molecular flexibility index (Phi) is 9.59. The molecule has 2 aromatic rings. The van der Waals surface area contributed by atoms with Crippen LogP contribution >= 0.6 is 0 Å². The van der Waals surface area contributed by atoms with E-state index in [0.717, 1.165) is 11.1 Å². The molecule has 0 aromatic heterocycles. The molecule has 0 aliphatic carbocycles. The van der Waals surface area contributed by atoms with Crippen LogP contribution in [-0.2, 0) is 34.4 Å². The molecule has 194 valence electrons. The Bertz CT molecular complexity index is 1350. The number of aryl methyl sites for hydroxylation is 2. The van der Waals surface area contributed by atoms with Crippen molar-refractivity contribution >= 4 is 36.2 Å². The molecule has 0 aliphatic heterocycles. The molecular weight excluding hydrogens is 518 g/mol. The van der Waals surface area contributed by atoms with Crippen LogP contribution in [0.15, 0.2) is 62.7 Å². The summed E-state index contributed by atoms with van der Waals surface area (Å²) in [6, 6.07) is 11.1. The molecule has 0 aliphatic rings. The zero-order valence-electron chi connectivity index (χ0n) is 19.5. The Balaban J connectivity index is 2.50. The van der Waals surface area contributed by atoms with Crippen LogP contribution < -0.4 is 5.11 Å². The van der Waals surface area contributed by atoms with E-state index in [-0.39, 0.29) is 22.6 Å². The molecule has 0 heterocycles. The van der Waals surface area contributed by atoms with E-state index in [4.69, 9.17) is 4.55 Å². The third kappa shape index (κ3) is 8.39. The smallest absolute Gasteiger partial charge is 0.397 e. The first-order valence-electron chi connectivity index (χ1n) is 10.7. The molecule has 0 saturated carbocycles. The number of hydrogen-bond acceptors (Lipinski definition) is 8. The summed E-state index contributed by atoms with van der Waals surface area (Å²) in [4.78, 5) is -0.492. The van der Waals surface area contributed by atoms with Gasteiger partial charge in [0.2, 0.25) is 0 Å². The van der Waals surface area contributed by atoms with Gasteiger partial charge in [0.25, 0.3) is 10.0 Å². The van der Waals surface area contributed by atoms with Crippen LogP contribution in [0.25, 0.3) is 0 Å². The van der Waals surface area contributed by atoms with Crippen LogP contribution in [-0.4, -0.2) is 47.1 Å². The maximum Gasteiger partial charge on any atom is 0.397 e. The van der Waals surface area contributed by atoms with Crippen molar-refractivity contribution in [3.8, 4) is 0 Å². The van der Waals surface area contributed by atoms with Crippen molar-refractivity contribution in [1.29, 1.82) is 0 Å². The minimum absolute atomic E-state index is 0.143. The van der Waals surface area contributed by atoms with Gasteiger partial charge in [0.1, 0.15) is 0 Å². The van der Waals surface area contributed by atoms with Gasteiger partial charge in [-0.3, -0.25) is 4.55 Å². The topological polar surface area (TPSA) is 167 Å². The Morgan fingerprint density at radius 3 is 1.80 bits per heavy atom. The number of nitrogens with zero attached hydrogens (tertiary/aromatic N) is 1. The van der Waals surface area contributed by atoms with Crippen LogP contribution in [0.1, 0.15) is 43.7 Å². The molecule has 2 atom stereocenters. The summed E-state index contributed by atoms with van der Waals surface area (Å²) >= 11 is 0. The highest BCUT2D eigenvalue weighted by Crippen LogP contribution is 2.24. The van der Waals surface area contributed by atoms with E-state index in [0.29, 0.717) is 6.42 Å². The van der Waals surface area contributed by atoms with Crippen molar-refractivity contribution < 1.29 is 39.1 Å². The minimum Gasteiger partial charge on any atom is -0.860 e. The van der Waals surface area contributed by atoms with Gasteiger partial charge < -0.3 is 5.11 Å². The SMILES string of the molecule is CCC[C@H](CCC(C([O-])=NS(=O)(=O)c1ccc(C)cc1)S(=O)(=O)c1ccc(C)cc1)OS(=O)(=O)O. The van der Waals surface area contributed by atoms with Gasteiger partial charge in [-0.2, -0.15) is 21.2 Å². The molecule has 0 bridgehead atoms. The van der Waals surface area contributed by atoms with Gasteiger partial charge in [0, 0.05) is 0 Å². The lowest BCUT2D eigenvalue weighted by Crippen LogP contribution is -2.40. The Morgan fingerprint density at radius 1 is 0.857 bits per heavy atom. The third-order valence-electron chi connectivity index (χ3n) is 5.15. The molecule has 0 radical (unpaired) electrons. The summed E-state index contributed by atoms with van der Waals surface area (Å²) in [6.07, 6.45) is -1.29. The molecule has 0 amide bonds. The summed E-state index contributed by atoms with van der Waals surface area (Å²) in [5.41, 5.74) is 1.54. The second-order valence-corrected chi connectivity index (χ2v) is 12.9. The fourth-order valence-corrected chi connectivity index (χ4v) is 6.48. The van der Waals surface area contributed by atoms with Gasteiger partial charge in [-0.05, 0) is 63.3 Å². The summed E-state index contributed by atoms with van der Waals surface area (Å²) in [5, 5.41) is 11.1. The molecule has 35 heavy (non-hydrogen) atoms. The fourth-order valence-electron chi connectivity index (χ4n) is 3.32. The Labute approximate surface area is 206 Å². The molecule has 1 unspecified atom stereocenters. The second-order valence-electron chi connectivity index (χ2n) is 8.08. The Hall–Kier alpha value is -2.32. The lowest BCUT2D eigenvalue weighted by atomic mass is 10.1. The highest BCUT2D eigenvalue weighted by molar-refractivity contribution is 7.93. The number of sulfone groups is 1. The van der Waals surface area contributed by atoms with Crippen LogP contribution in [0, 0.1) is 13.8 Å². The molecular formula is C22H28NO9S3-. The number of hydrogen-bond donors (Lipinski definition) is 1. The van der Waals surface area contributed by atoms with Crippen LogP contribution in [0.5, 0.6) is 0 Å². The quantitative estimate of drug-likeness (QED) is 0.239. The maximum absolute atomic E-state index is 13.3. The predicted octanol–water partition coefficient (Wildman–Crippen LogP) is 2.36. The zero-order valence-corrected chi connectivity index (χ0v) is 21.9. The standard InChI is InChI=1S/C22H29NO9S3/c1-4-5-18(32-35(29,30)31)10-15-21(33(25,26)19-11-6-16(2)7-12-19)22(24)23-34(27,28)20-13-8-17(3)9-14-20/h6-9,11-14,18,21H,4-5,10,15H2,1-3H3,(H,23,24)(H,29,30,31)/p-1/t18-,21?/m1/s1. The number of benzene rings is 2. The molecule has 1 N–H and O–H groups in total. The van der Waals surface area contributed by atoms with E-state index in [9.17, 15) is 30.4 Å². The van der Waals surface area contributed by atoms with E-state index < -0.39 is 53.9 Å². The molecule has 2 rings (SSSR count). The van der Waals surface area contributed by atoms with Gasteiger partial charge in [0.05, 0.1) is 21.1 Å². The van der Waals surface area contributed by atoms with Gasteiger partial charge >= 0.3 is 10.4 Å². The first-order valence-corrected chi connectivity index (χ1v) is 15.1. The predicted molar refractivity (Wildman–Crippen MR) is 129 cm³/mol. The van der Waals surface area contributed by atoms with Gasteiger partial charge in [-0.1, -0.05) is 48.7 Å². The highest BCUT2D eigenvalue weighted by Gasteiger charge is 2.31. The van der Waals surface area contributed by atoms with E-state index in [1.807, 2.05) is 0 Å². The van der Waals surface area contributed by atoms with Crippen molar-refractivity contribution in [3.63, 3.8) is 0 Å². The van der Waals surface area contributed by atoms with E-state index in [1.54, 1.807) is 20.8 Å². The molecule has 0 fully saturated rings. The van der Waals surface area contributed by atoms with Crippen molar-refractivity contribution in [3.05, 3.63) is 59.7 Å². The van der Waals surface area contributed by atoms with Crippen LogP contribution in [0.2, 0.25) is 0 Å². The third-order valence-corrected chi connectivity index (χ3v) is 9.07. The summed E-state index contributed by atoms with van der Waals surface area (Å²) in [6.45, 7) is 5.20. The van der Waals surface area contributed by atoms with Crippen molar-refractivity contribution in [2.45, 2.75) is 67.6 Å². The average molecular weight is 547 g/mol. The summed E-state index contributed by atoms with van der Waals surface area (Å²) in [5.74, 6) is -1.41. The first-order chi connectivity index (χ1) is 16.2. The summed E-state index contributed by atoms with van der Waals surface area (Å²) in [7, 11) is -13.7.